The van der Waals surface area contributed by atoms with Crippen LogP contribution < -0.4 is 0 Å². The van der Waals surface area contributed by atoms with E-state index in [-0.39, 0.29) is 29.5 Å². The van der Waals surface area contributed by atoms with Crippen LogP contribution in [0.2, 0.25) is 0 Å². The molecule has 4 saturated carbocycles. The van der Waals surface area contributed by atoms with Crippen LogP contribution in [0.3, 0.4) is 0 Å². The molecule has 0 amide bonds. The van der Waals surface area contributed by atoms with Crippen LogP contribution in [0, 0.1) is 46.3 Å². The van der Waals surface area contributed by atoms with E-state index >= 15 is 0 Å². The molecule has 4 rings (SSSR count). The van der Waals surface area contributed by atoms with Gasteiger partial charge in [-0.05, 0) is 104 Å². The highest BCUT2D eigenvalue weighted by atomic mass is 16.4. The number of hydrogen-bond acceptors (Lipinski definition) is 3. The van der Waals surface area contributed by atoms with Gasteiger partial charge in [-0.15, -0.1) is 0 Å². The minimum atomic E-state index is -0.680. The maximum Gasteiger partial charge on any atom is 0.303 e. The molecular formula is C25H42O4. The molecule has 0 radical (unpaired) electrons. The van der Waals surface area contributed by atoms with Crippen LogP contribution in [0.5, 0.6) is 0 Å². The number of aliphatic hydroxyl groups is 2. The molecule has 166 valence electrons. The average molecular weight is 407 g/mol. The molecule has 0 saturated heterocycles. The quantitative estimate of drug-likeness (QED) is 0.609. The fourth-order valence-electron chi connectivity index (χ4n) is 9.04. The fraction of sp³-hybridized carbons (Fsp3) is 0.960. The molecule has 4 aliphatic carbocycles. The number of carbonyl (C=O) groups is 1. The Balaban J connectivity index is 1.59. The van der Waals surface area contributed by atoms with Gasteiger partial charge in [0.2, 0.25) is 0 Å². The summed E-state index contributed by atoms with van der Waals surface area (Å²) in [5.41, 5.74) is 0.517. The zero-order valence-electron chi connectivity index (χ0n) is 18.6. The lowest BCUT2D eigenvalue weighted by Crippen LogP contribution is -2.62. The van der Waals surface area contributed by atoms with Crippen LogP contribution in [-0.4, -0.2) is 33.5 Å². The van der Waals surface area contributed by atoms with Crippen molar-refractivity contribution >= 4 is 5.97 Å². The molecule has 0 aromatic carbocycles. The number of aliphatic hydroxyl groups excluding tert-OH is 2. The molecule has 4 aliphatic rings. The maximum atomic E-state index is 11.6. The van der Waals surface area contributed by atoms with Crippen LogP contribution in [-0.2, 0) is 4.79 Å². The lowest BCUT2D eigenvalue weighted by atomic mass is 9.41. The summed E-state index contributed by atoms with van der Waals surface area (Å²) in [5.74, 6) is 2.23. The van der Waals surface area contributed by atoms with Gasteiger partial charge in [-0.2, -0.15) is 0 Å². The van der Waals surface area contributed by atoms with E-state index in [1.165, 1.54) is 25.7 Å². The Kier molecular flexibility index (Phi) is 5.83. The monoisotopic (exact) mass is 406 g/mol. The van der Waals surface area contributed by atoms with Crippen LogP contribution in [0.1, 0.15) is 91.4 Å². The van der Waals surface area contributed by atoms with Crippen LogP contribution in [0.25, 0.3) is 0 Å². The SMILES string of the molecule is CC[C@@H]1C2C[C@H](O)CC[C@]2(C)C2CC[C@]3(C)C(CCCC(=O)O)CCC3C2[C@@H]1O. The Hall–Kier alpha value is -0.610. The first-order valence-electron chi connectivity index (χ1n) is 12.3. The van der Waals surface area contributed by atoms with Gasteiger partial charge in [-0.1, -0.05) is 27.2 Å². The van der Waals surface area contributed by atoms with Gasteiger partial charge in [0, 0.05) is 6.42 Å². The molecule has 0 aromatic rings. The third kappa shape index (κ3) is 3.37. The van der Waals surface area contributed by atoms with Crippen molar-refractivity contribution in [2.75, 3.05) is 0 Å². The number of carboxylic acids is 1. The lowest BCUT2D eigenvalue weighted by molar-refractivity contribution is -0.202. The second-order valence-corrected chi connectivity index (χ2v) is 11.5. The Bertz CT molecular complexity index is 620. The molecule has 10 atom stereocenters. The average Bonchev–Trinajstić information content (AvgIpc) is 3.00. The minimum absolute atomic E-state index is 0.190. The second kappa shape index (κ2) is 7.82. The largest absolute Gasteiger partial charge is 0.481 e. The van der Waals surface area contributed by atoms with Crippen molar-refractivity contribution in [3.63, 3.8) is 0 Å². The summed E-state index contributed by atoms with van der Waals surface area (Å²) in [6.07, 6.45) is 10.4. The van der Waals surface area contributed by atoms with Crippen molar-refractivity contribution in [2.24, 2.45) is 46.3 Å². The van der Waals surface area contributed by atoms with Crippen molar-refractivity contribution in [1.82, 2.24) is 0 Å². The Labute approximate surface area is 176 Å². The first-order chi connectivity index (χ1) is 13.7. The van der Waals surface area contributed by atoms with Gasteiger partial charge in [0.05, 0.1) is 12.2 Å². The molecule has 0 aromatic heterocycles. The van der Waals surface area contributed by atoms with E-state index in [1.807, 2.05) is 0 Å². The van der Waals surface area contributed by atoms with Gasteiger partial charge in [-0.3, -0.25) is 4.79 Å². The van der Waals surface area contributed by atoms with Crippen LogP contribution in [0.15, 0.2) is 0 Å². The summed E-state index contributed by atoms with van der Waals surface area (Å²) < 4.78 is 0. The van der Waals surface area contributed by atoms with Crippen molar-refractivity contribution in [2.45, 2.75) is 104 Å². The molecule has 3 N–H and O–H groups in total. The highest BCUT2D eigenvalue weighted by Crippen LogP contribution is 2.69. The molecule has 4 nitrogen and oxygen atoms in total. The van der Waals surface area contributed by atoms with Crippen LogP contribution >= 0.6 is 0 Å². The van der Waals surface area contributed by atoms with Crippen molar-refractivity contribution < 1.29 is 20.1 Å². The predicted octanol–water partition coefficient (Wildman–Crippen LogP) is 4.87. The van der Waals surface area contributed by atoms with Gasteiger partial charge in [0.1, 0.15) is 0 Å². The van der Waals surface area contributed by atoms with Crippen molar-refractivity contribution in [3.8, 4) is 0 Å². The number of fused-ring (bicyclic) bond motifs is 5. The molecule has 5 unspecified atom stereocenters. The molecule has 29 heavy (non-hydrogen) atoms. The Morgan fingerprint density at radius 2 is 1.66 bits per heavy atom. The van der Waals surface area contributed by atoms with Gasteiger partial charge in [0.25, 0.3) is 0 Å². The molecule has 0 aliphatic heterocycles. The van der Waals surface area contributed by atoms with Crippen molar-refractivity contribution in [1.29, 1.82) is 0 Å². The Morgan fingerprint density at radius 3 is 2.34 bits per heavy atom. The third-order valence-corrected chi connectivity index (χ3v) is 10.5. The zero-order valence-corrected chi connectivity index (χ0v) is 18.6. The minimum Gasteiger partial charge on any atom is -0.481 e. The molecule has 0 spiro atoms. The van der Waals surface area contributed by atoms with Gasteiger partial charge >= 0.3 is 5.97 Å². The number of carboxylic acid groups (broad SMARTS) is 1. The normalized spacial score (nSPS) is 51.8. The van der Waals surface area contributed by atoms with E-state index in [4.69, 9.17) is 5.11 Å². The number of aliphatic carboxylic acids is 1. The van der Waals surface area contributed by atoms with Crippen LogP contribution in [0.4, 0.5) is 0 Å². The molecule has 0 heterocycles. The number of rotatable bonds is 5. The topological polar surface area (TPSA) is 77.8 Å². The summed E-state index contributed by atoms with van der Waals surface area (Å²) in [5, 5.41) is 31.1. The smallest absolute Gasteiger partial charge is 0.303 e. The molecule has 4 fully saturated rings. The zero-order chi connectivity index (χ0) is 21.0. The third-order valence-electron chi connectivity index (χ3n) is 10.5. The maximum absolute atomic E-state index is 11.6. The van der Waals surface area contributed by atoms with E-state index < -0.39 is 5.97 Å². The highest BCUT2D eigenvalue weighted by molar-refractivity contribution is 5.66. The number of hydrogen-bond donors (Lipinski definition) is 3. The standard InChI is InChI=1S/C25H42O4/c1-4-17-20-14-16(26)10-12-25(20,3)19-11-13-24(2)15(6-5-7-21(27)28)8-9-18(24)22(19)23(17)29/h15-20,22-23,26,29H,4-14H2,1-3H3,(H,27,28)/t15?,16-,17-,18?,19?,20?,22?,23-,24-,25-/m1/s1. The van der Waals surface area contributed by atoms with Gasteiger partial charge in [-0.25, -0.2) is 0 Å². The van der Waals surface area contributed by atoms with Gasteiger partial charge < -0.3 is 15.3 Å². The van der Waals surface area contributed by atoms with E-state index in [0.29, 0.717) is 35.5 Å². The summed E-state index contributed by atoms with van der Waals surface area (Å²) in [6, 6.07) is 0. The lowest BCUT2D eigenvalue weighted by Gasteiger charge is -2.64. The van der Waals surface area contributed by atoms with Crippen molar-refractivity contribution in [3.05, 3.63) is 0 Å². The molecular weight excluding hydrogens is 364 g/mol. The van der Waals surface area contributed by atoms with E-state index in [9.17, 15) is 15.0 Å². The summed E-state index contributed by atoms with van der Waals surface area (Å²) in [4.78, 5) is 11.0. The van der Waals surface area contributed by atoms with E-state index in [0.717, 1.165) is 38.5 Å². The van der Waals surface area contributed by atoms with E-state index in [2.05, 4.69) is 20.8 Å². The van der Waals surface area contributed by atoms with E-state index in [1.54, 1.807) is 0 Å². The molecule has 4 heteroatoms. The van der Waals surface area contributed by atoms with Gasteiger partial charge in [0.15, 0.2) is 0 Å². The highest BCUT2D eigenvalue weighted by Gasteiger charge is 2.64. The first kappa shape index (κ1) is 21.6. The summed E-state index contributed by atoms with van der Waals surface area (Å²) in [6.45, 7) is 7.16. The summed E-state index contributed by atoms with van der Waals surface area (Å²) >= 11 is 0. The second-order valence-electron chi connectivity index (χ2n) is 11.5. The fourth-order valence-corrected chi connectivity index (χ4v) is 9.04. The first-order valence-corrected chi connectivity index (χ1v) is 12.3. The molecule has 0 bridgehead atoms. The predicted molar refractivity (Wildman–Crippen MR) is 113 cm³/mol. The summed E-state index contributed by atoms with van der Waals surface area (Å²) in [7, 11) is 0. The Morgan fingerprint density at radius 1 is 0.966 bits per heavy atom.